The molecule has 1 aliphatic rings. The molecule has 3 rings (SSSR count). The molecule has 148 valence electrons. The molecule has 2 aromatic rings. The molecule has 0 aliphatic heterocycles. The van der Waals surface area contributed by atoms with Gasteiger partial charge in [0.15, 0.2) is 5.16 Å². The Bertz CT molecular complexity index is 866. The van der Waals surface area contributed by atoms with Gasteiger partial charge in [0.1, 0.15) is 4.83 Å². The van der Waals surface area contributed by atoms with Gasteiger partial charge in [0.25, 0.3) is 5.56 Å². The molecular weight excluding hydrogens is 378 g/mol. The lowest BCUT2D eigenvalue weighted by Gasteiger charge is -2.18. The lowest BCUT2D eigenvalue weighted by molar-refractivity contribution is -0.118. The third-order valence-corrected chi connectivity index (χ3v) is 7.38. The van der Waals surface area contributed by atoms with Crippen LogP contribution in [-0.4, -0.2) is 27.8 Å². The van der Waals surface area contributed by atoms with Gasteiger partial charge in [0.2, 0.25) is 5.91 Å². The molecule has 5 nitrogen and oxygen atoms in total. The van der Waals surface area contributed by atoms with Crippen molar-refractivity contribution in [2.45, 2.75) is 76.9 Å². The molecule has 1 N–H and O–H groups in total. The zero-order valence-corrected chi connectivity index (χ0v) is 18.1. The Labute approximate surface area is 169 Å². The number of amides is 1. The van der Waals surface area contributed by atoms with Crippen LogP contribution in [0, 0.1) is 13.8 Å². The second-order valence-corrected chi connectivity index (χ2v) is 9.46. The minimum absolute atomic E-state index is 0.0157. The monoisotopic (exact) mass is 407 g/mol. The van der Waals surface area contributed by atoms with Gasteiger partial charge < -0.3 is 5.32 Å². The maximum absolute atomic E-state index is 13.3. The summed E-state index contributed by atoms with van der Waals surface area (Å²) in [6.07, 6.45) is 7.62. The Kier molecular flexibility index (Phi) is 6.98. The molecule has 1 fully saturated rings. The number of carbonyl (C=O) groups excluding carboxylic acids is 1. The van der Waals surface area contributed by atoms with Crippen LogP contribution in [-0.2, 0) is 4.79 Å². The first-order valence-electron chi connectivity index (χ1n) is 9.94. The standard InChI is InChI=1S/C20H29N3O2S2/c1-4-5-8-11-21-16(24)12-26-20-22-18-17(13(2)14(3)27-18)19(25)23(20)15-9-6-7-10-15/h15H,4-12H2,1-3H3,(H,21,24). The smallest absolute Gasteiger partial charge is 0.263 e. The molecule has 2 heterocycles. The van der Waals surface area contributed by atoms with Crippen LogP contribution in [0.3, 0.4) is 0 Å². The normalized spacial score (nSPS) is 14.9. The van der Waals surface area contributed by atoms with E-state index < -0.39 is 0 Å². The van der Waals surface area contributed by atoms with Crippen molar-refractivity contribution in [3.05, 3.63) is 20.8 Å². The van der Waals surface area contributed by atoms with Crippen LogP contribution in [0.15, 0.2) is 9.95 Å². The first kappa shape index (κ1) is 20.4. The zero-order chi connectivity index (χ0) is 19.4. The van der Waals surface area contributed by atoms with Crippen LogP contribution in [0.25, 0.3) is 10.2 Å². The Morgan fingerprint density at radius 3 is 2.74 bits per heavy atom. The SMILES string of the molecule is CCCCCNC(=O)CSc1nc2sc(C)c(C)c2c(=O)n1C1CCCC1. The Morgan fingerprint density at radius 1 is 1.30 bits per heavy atom. The summed E-state index contributed by atoms with van der Waals surface area (Å²) in [5.41, 5.74) is 1.11. The number of nitrogens with one attached hydrogen (secondary N) is 1. The lowest BCUT2D eigenvalue weighted by atomic mass is 10.2. The molecule has 0 atom stereocenters. The molecule has 7 heteroatoms. The summed E-state index contributed by atoms with van der Waals surface area (Å²) < 4.78 is 1.88. The van der Waals surface area contributed by atoms with Crippen LogP contribution < -0.4 is 10.9 Å². The Morgan fingerprint density at radius 2 is 2.04 bits per heavy atom. The molecule has 27 heavy (non-hydrogen) atoms. The number of fused-ring (bicyclic) bond motifs is 1. The summed E-state index contributed by atoms with van der Waals surface area (Å²) in [7, 11) is 0. The number of rotatable bonds is 8. The van der Waals surface area contributed by atoms with Crippen molar-refractivity contribution in [3.63, 3.8) is 0 Å². The summed E-state index contributed by atoms with van der Waals surface area (Å²) in [5, 5.41) is 4.43. The van der Waals surface area contributed by atoms with Gasteiger partial charge in [-0.1, -0.05) is 44.4 Å². The highest BCUT2D eigenvalue weighted by Crippen LogP contribution is 2.34. The minimum atomic E-state index is 0.0157. The quantitative estimate of drug-likeness (QED) is 0.395. The highest BCUT2D eigenvalue weighted by Gasteiger charge is 2.25. The molecule has 0 bridgehead atoms. The Hall–Kier alpha value is -1.34. The van der Waals surface area contributed by atoms with Crippen molar-refractivity contribution in [1.29, 1.82) is 0 Å². The fraction of sp³-hybridized carbons (Fsp3) is 0.650. The largest absolute Gasteiger partial charge is 0.355 e. The van der Waals surface area contributed by atoms with Crippen molar-refractivity contribution in [2.24, 2.45) is 0 Å². The highest BCUT2D eigenvalue weighted by molar-refractivity contribution is 7.99. The minimum Gasteiger partial charge on any atom is -0.355 e. The van der Waals surface area contributed by atoms with E-state index in [0.717, 1.165) is 72.1 Å². The van der Waals surface area contributed by atoms with E-state index in [4.69, 9.17) is 4.98 Å². The van der Waals surface area contributed by atoms with Gasteiger partial charge in [-0.05, 0) is 38.7 Å². The second-order valence-electron chi connectivity index (χ2n) is 7.32. The number of thioether (sulfide) groups is 1. The van der Waals surface area contributed by atoms with E-state index in [0.29, 0.717) is 10.9 Å². The van der Waals surface area contributed by atoms with E-state index in [1.807, 2.05) is 18.4 Å². The average molecular weight is 408 g/mol. The molecule has 1 amide bonds. The number of unbranched alkanes of at least 4 members (excludes halogenated alkanes) is 2. The van der Waals surface area contributed by atoms with E-state index >= 15 is 0 Å². The maximum Gasteiger partial charge on any atom is 0.263 e. The summed E-state index contributed by atoms with van der Waals surface area (Å²) in [4.78, 5) is 32.2. The third-order valence-electron chi connectivity index (χ3n) is 5.33. The summed E-state index contributed by atoms with van der Waals surface area (Å²) >= 11 is 2.97. The number of thiophene rings is 1. The highest BCUT2D eigenvalue weighted by atomic mass is 32.2. The van der Waals surface area contributed by atoms with E-state index in [-0.39, 0.29) is 17.5 Å². The zero-order valence-electron chi connectivity index (χ0n) is 16.5. The van der Waals surface area contributed by atoms with E-state index in [9.17, 15) is 9.59 Å². The molecule has 0 spiro atoms. The molecule has 1 aliphatic carbocycles. The molecule has 0 unspecified atom stereocenters. The number of hydrogen-bond acceptors (Lipinski definition) is 5. The van der Waals surface area contributed by atoms with Crippen molar-refractivity contribution in [1.82, 2.24) is 14.9 Å². The van der Waals surface area contributed by atoms with Gasteiger partial charge in [-0.25, -0.2) is 4.98 Å². The summed E-state index contributed by atoms with van der Waals surface area (Å²) in [5.74, 6) is 0.321. The number of aromatic nitrogens is 2. The predicted molar refractivity (Wildman–Crippen MR) is 114 cm³/mol. The van der Waals surface area contributed by atoms with Gasteiger partial charge in [-0.3, -0.25) is 14.2 Å². The first-order chi connectivity index (χ1) is 13.0. The van der Waals surface area contributed by atoms with Crippen molar-refractivity contribution in [3.8, 4) is 0 Å². The van der Waals surface area contributed by atoms with Gasteiger partial charge in [0, 0.05) is 17.5 Å². The topological polar surface area (TPSA) is 64.0 Å². The average Bonchev–Trinajstić information content (AvgIpc) is 3.26. The fourth-order valence-electron chi connectivity index (χ4n) is 3.66. The van der Waals surface area contributed by atoms with Gasteiger partial charge in [0.05, 0.1) is 11.1 Å². The third kappa shape index (κ3) is 4.57. The summed E-state index contributed by atoms with van der Waals surface area (Å²) in [6.45, 7) is 6.92. The van der Waals surface area contributed by atoms with Gasteiger partial charge >= 0.3 is 0 Å². The van der Waals surface area contributed by atoms with Crippen molar-refractivity contribution >= 4 is 39.2 Å². The molecule has 0 aromatic carbocycles. The van der Waals surface area contributed by atoms with Crippen molar-refractivity contribution < 1.29 is 4.79 Å². The molecule has 2 aromatic heterocycles. The van der Waals surface area contributed by atoms with Crippen LogP contribution in [0.5, 0.6) is 0 Å². The van der Waals surface area contributed by atoms with Gasteiger partial charge in [-0.2, -0.15) is 0 Å². The van der Waals surface area contributed by atoms with E-state index in [1.54, 1.807) is 11.3 Å². The van der Waals surface area contributed by atoms with Crippen LogP contribution >= 0.6 is 23.1 Å². The molecule has 1 saturated carbocycles. The van der Waals surface area contributed by atoms with Crippen LogP contribution in [0.4, 0.5) is 0 Å². The number of carbonyl (C=O) groups is 1. The number of nitrogens with zero attached hydrogens (tertiary/aromatic N) is 2. The van der Waals surface area contributed by atoms with Crippen LogP contribution in [0.1, 0.15) is 68.4 Å². The van der Waals surface area contributed by atoms with Gasteiger partial charge in [-0.15, -0.1) is 11.3 Å². The van der Waals surface area contributed by atoms with Crippen LogP contribution in [0.2, 0.25) is 0 Å². The fourth-order valence-corrected chi connectivity index (χ4v) is 5.62. The second kappa shape index (κ2) is 9.24. The first-order valence-corrected chi connectivity index (χ1v) is 11.7. The van der Waals surface area contributed by atoms with Crippen molar-refractivity contribution in [2.75, 3.05) is 12.3 Å². The molecular formula is C20H29N3O2S2. The molecule has 0 saturated heterocycles. The summed E-state index contributed by atoms with van der Waals surface area (Å²) in [6, 6.07) is 0.212. The molecule has 0 radical (unpaired) electrons. The predicted octanol–water partition coefficient (Wildman–Crippen LogP) is 4.59. The lowest BCUT2D eigenvalue weighted by Crippen LogP contribution is -2.29. The van der Waals surface area contributed by atoms with E-state index in [2.05, 4.69) is 12.2 Å². The number of aryl methyl sites for hydroxylation is 2. The maximum atomic E-state index is 13.3. The Balaban J connectivity index is 1.84. The number of hydrogen-bond donors (Lipinski definition) is 1. The van der Waals surface area contributed by atoms with E-state index in [1.165, 1.54) is 11.8 Å².